The highest BCUT2D eigenvalue weighted by Gasteiger charge is 2.64. The first-order valence-electron chi connectivity index (χ1n) is 10.2. The standard InChI is InChI=1S/C24H25NO3/c1-14-5-3-4-6-19(14)27-20-10-7-15-13-17-16-8-9-18(26)23-24(16,11-12-25(17)2)21(15)22(20)28-23/h3-10,16-18,23,26H,11-13H2,1-2H3/t16-,17+,18-,23-,24-/m0/s1. The van der Waals surface area contributed by atoms with Crippen molar-refractivity contribution in [2.75, 3.05) is 13.6 Å². The summed E-state index contributed by atoms with van der Waals surface area (Å²) in [6, 6.07) is 12.8. The van der Waals surface area contributed by atoms with Crippen molar-refractivity contribution < 1.29 is 14.6 Å². The molecule has 0 unspecified atom stereocenters. The number of piperidine rings is 1. The van der Waals surface area contributed by atoms with Crippen molar-refractivity contribution >= 4 is 0 Å². The van der Waals surface area contributed by atoms with E-state index in [2.05, 4.69) is 37.1 Å². The molecule has 2 aromatic rings. The normalized spacial score (nSPS) is 34.7. The van der Waals surface area contributed by atoms with Crippen molar-refractivity contribution in [1.29, 1.82) is 0 Å². The van der Waals surface area contributed by atoms with Crippen LogP contribution in [-0.2, 0) is 11.8 Å². The van der Waals surface area contributed by atoms with E-state index in [0.717, 1.165) is 42.2 Å². The van der Waals surface area contributed by atoms with Crippen molar-refractivity contribution in [2.45, 2.75) is 43.4 Å². The van der Waals surface area contributed by atoms with Gasteiger partial charge in [-0.1, -0.05) is 36.4 Å². The largest absolute Gasteiger partial charge is 0.482 e. The molecule has 4 heteroatoms. The SMILES string of the molecule is Cc1ccccc1Oc1ccc2c3c1O[C@H]1[C@@H](O)C=C[C@H]4[C@@H](C2)N(C)CC[C@@]341. The van der Waals surface area contributed by atoms with Gasteiger partial charge in [0.05, 0.1) is 0 Å². The van der Waals surface area contributed by atoms with Crippen LogP contribution in [0.25, 0.3) is 0 Å². The first kappa shape index (κ1) is 16.6. The molecule has 0 amide bonds. The molecule has 4 nitrogen and oxygen atoms in total. The van der Waals surface area contributed by atoms with Gasteiger partial charge in [0.2, 0.25) is 0 Å². The fourth-order valence-electron chi connectivity index (χ4n) is 6.10. The predicted molar refractivity (Wildman–Crippen MR) is 107 cm³/mol. The van der Waals surface area contributed by atoms with Crippen LogP contribution in [0.3, 0.4) is 0 Å². The molecule has 144 valence electrons. The summed E-state index contributed by atoms with van der Waals surface area (Å²) >= 11 is 0. The van der Waals surface area contributed by atoms with E-state index in [0.29, 0.717) is 12.0 Å². The minimum absolute atomic E-state index is 0.140. The summed E-state index contributed by atoms with van der Waals surface area (Å²) in [5.41, 5.74) is 3.60. The number of hydrogen-bond acceptors (Lipinski definition) is 4. The Bertz CT molecular complexity index is 999. The zero-order valence-electron chi connectivity index (χ0n) is 16.3. The molecule has 5 atom stereocenters. The summed E-state index contributed by atoms with van der Waals surface area (Å²) < 4.78 is 12.9. The molecule has 1 fully saturated rings. The van der Waals surface area contributed by atoms with Crippen LogP contribution in [0.4, 0.5) is 0 Å². The average molecular weight is 375 g/mol. The fraction of sp³-hybridized carbons (Fsp3) is 0.417. The zero-order chi connectivity index (χ0) is 19.0. The van der Waals surface area contributed by atoms with Gasteiger partial charge in [0, 0.05) is 22.9 Å². The Morgan fingerprint density at radius 2 is 2.00 bits per heavy atom. The lowest BCUT2D eigenvalue weighted by molar-refractivity contribution is -0.0452. The molecule has 1 spiro atoms. The van der Waals surface area contributed by atoms with Gasteiger partial charge in [-0.25, -0.2) is 0 Å². The van der Waals surface area contributed by atoms with Gasteiger partial charge in [0.15, 0.2) is 11.5 Å². The second-order valence-corrected chi connectivity index (χ2v) is 8.78. The maximum absolute atomic E-state index is 10.8. The topological polar surface area (TPSA) is 41.9 Å². The lowest BCUT2D eigenvalue weighted by atomic mass is 9.53. The Labute approximate surface area is 165 Å². The van der Waals surface area contributed by atoms with E-state index in [4.69, 9.17) is 9.47 Å². The molecular weight excluding hydrogens is 350 g/mol. The number of benzene rings is 2. The van der Waals surface area contributed by atoms with E-state index in [1.807, 2.05) is 30.3 Å². The summed E-state index contributed by atoms with van der Waals surface area (Å²) in [4.78, 5) is 2.48. The number of aliphatic hydroxyl groups excluding tert-OH is 1. The van der Waals surface area contributed by atoms with Crippen LogP contribution in [0.15, 0.2) is 48.6 Å². The number of aryl methyl sites for hydroxylation is 1. The van der Waals surface area contributed by atoms with Crippen molar-refractivity contribution in [1.82, 2.24) is 4.90 Å². The minimum Gasteiger partial charge on any atom is -0.482 e. The average Bonchev–Trinajstić information content (AvgIpc) is 3.05. The zero-order valence-corrected chi connectivity index (χ0v) is 16.3. The third-order valence-electron chi connectivity index (χ3n) is 7.45. The molecule has 0 saturated carbocycles. The third-order valence-corrected chi connectivity index (χ3v) is 7.45. The fourth-order valence-corrected chi connectivity index (χ4v) is 6.10. The van der Waals surface area contributed by atoms with Crippen LogP contribution < -0.4 is 9.47 Å². The predicted octanol–water partition coefficient (Wildman–Crippen LogP) is 3.59. The number of likely N-dealkylation sites (tertiary alicyclic amines) is 1. The summed E-state index contributed by atoms with van der Waals surface area (Å²) in [5.74, 6) is 2.84. The number of rotatable bonds is 2. The number of nitrogens with zero attached hydrogens (tertiary/aromatic N) is 1. The van der Waals surface area contributed by atoms with E-state index in [-0.39, 0.29) is 11.5 Å². The van der Waals surface area contributed by atoms with Gasteiger partial charge < -0.3 is 19.5 Å². The Kier molecular flexibility index (Phi) is 3.34. The van der Waals surface area contributed by atoms with Gasteiger partial charge >= 0.3 is 0 Å². The molecule has 2 aliphatic heterocycles. The summed E-state index contributed by atoms with van der Waals surface area (Å²) in [6.07, 6.45) is 5.41. The Hall–Kier alpha value is -2.30. The van der Waals surface area contributed by atoms with Gasteiger partial charge in [-0.15, -0.1) is 0 Å². The van der Waals surface area contributed by atoms with E-state index < -0.39 is 6.10 Å². The van der Waals surface area contributed by atoms with Gasteiger partial charge in [-0.05, 0) is 56.6 Å². The molecular formula is C24H25NO3. The molecule has 2 bridgehead atoms. The van der Waals surface area contributed by atoms with E-state index >= 15 is 0 Å². The highest BCUT2D eigenvalue weighted by molar-refractivity contribution is 5.63. The monoisotopic (exact) mass is 375 g/mol. The number of para-hydroxylation sites is 1. The highest BCUT2D eigenvalue weighted by Crippen LogP contribution is 2.62. The van der Waals surface area contributed by atoms with Crippen LogP contribution in [0.1, 0.15) is 23.1 Å². The molecule has 4 aliphatic rings. The molecule has 1 saturated heterocycles. The first-order valence-corrected chi connectivity index (χ1v) is 10.2. The molecule has 0 aromatic heterocycles. The van der Waals surface area contributed by atoms with Crippen molar-refractivity contribution in [2.24, 2.45) is 5.92 Å². The second kappa shape index (κ2) is 5.62. The Morgan fingerprint density at radius 3 is 2.86 bits per heavy atom. The van der Waals surface area contributed by atoms with Crippen LogP contribution >= 0.6 is 0 Å². The molecule has 0 radical (unpaired) electrons. The Morgan fingerprint density at radius 1 is 1.14 bits per heavy atom. The van der Waals surface area contributed by atoms with Gasteiger partial charge in [-0.3, -0.25) is 0 Å². The summed E-state index contributed by atoms with van der Waals surface area (Å²) in [6.45, 7) is 3.08. The number of likely N-dealkylation sites (N-methyl/N-ethyl adjacent to an activating group) is 1. The van der Waals surface area contributed by atoms with Crippen molar-refractivity contribution in [3.8, 4) is 17.2 Å². The van der Waals surface area contributed by atoms with Crippen LogP contribution in [0.5, 0.6) is 17.2 Å². The van der Waals surface area contributed by atoms with Crippen molar-refractivity contribution in [3.05, 3.63) is 65.2 Å². The minimum atomic E-state index is -0.579. The summed E-state index contributed by atoms with van der Waals surface area (Å²) in [5, 5.41) is 10.8. The van der Waals surface area contributed by atoms with E-state index in [1.165, 1.54) is 11.1 Å². The molecule has 6 rings (SSSR count). The number of aliphatic hydroxyl groups is 1. The smallest absolute Gasteiger partial charge is 0.169 e. The van der Waals surface area contributed by atoms with E-state index in [1.54, 1.807) is 0 Å². The maximum atomic E-state index is 10.8. The van der Waals surface area contributed by atoms with Gasteiger partial charge in [-0.2, -0.15) is 0 Å². The molecule has 2 aromatic carbocycles. The molecule has 2 aliphatic carbocycles. The lowest BCUT2D eigenvalue weighted by Gasteiger charge is -2.56. The highest BCUT2D eigenvalue weighted by atomic mass is 16.5. The third kappa shape index (κ3) is 1.97. The first-order chi connectivity index (χ1) is 13.6. The van der Waals surface area contributed by atoms with Crippen LogP contribution in [0.2, 0.25) is 0 Å². The molecule has 28 heavy (non-hydrogen) atoms. The number of ether oxygens (including phenoxy) is 2. The van der Waals surface area contributed by atoms with Gasteiger partial charge in [0.25, 0.3) is 0 Å². The quantitative estimate of drug-likeness (QED) is 0.815. The maximum Gasteiger partial charge on any atom is 0.169 e. The second-order valence-electron chi connectivity index (χ2n) is 8.78. The van der Waals surface area contributed by atoms with Crippen LogP contribution in [-0.4, -0.2) is 41.8 Å². The number of hydrogen-bond donors (Lipinski definition) is 1. The molecule has 2 heterocycles. The Balaban J connectivity index is 1.54. The van der Waals surface area contributed by atoms with Crippen molar-refractivity contribution in [3.63, 3.8) is 0 Å². The summed E-state index contributed by atoms with van der Waals surface area (Å²) in [7, 11) is 2.22. The van der Waals surface area contributed by atoms with Crippen LogP contribution in [0, 0.1) is 12.8 Å². The lowest BCUT2D eigenvalue weighted by Crippen LogP contribution is -2.64. The molecule has 1 N–H and O–H groups in total. The van der Waals surface area contributed by atoms with Gasteiger partial charge in [0.1, 0.15) is 18.0 Å². The van der Waals surface area contributed by atoms with E-state index in [9.17, 15) is 5.11 Å².